The summed E-state index contributed by atoms with van der Waals surface area (Å²) in [7, 11) is 0. The third-order valence-electron chi connectivity index (χ3n) is 8.47. The van der Waals surface area contributed by atoms with Crippen LogP contribution < -0.4 is 9.47 Å². The van der Waals surface area contributed by atoms with Crippen LogP contribution in [0.15, 0.2) is 30.3 Å². The van der Waals surface area contributed by atoms with Crippen LogP contribution in [-0.2, 0) is 92.3 Å². The molecule has 2 aromatic rings. The lowest BCUT2D eigenvalue weighted by Crippen LogP contribution is -2.67. The number of benzene rings is 2. The fourth-order valence-corrected chi connectivity index (χ4v) is 6.49. The lowest BCUT2D eigenvalue weighted by atomic mass is 9.96. The SMILES string of the molecule is CC(=O)OCc1cc(O[C@@H]2O[C@H](COC(C)=O)[C@@H](OC(C)=O)[C@H](OC(C)=O)[C@H]2O[C@@H]2O[C@H](C)[C@@H](OC(C)=O)[C@H](OC(C)=O)[C@@H]2OC(C)=O)c2c(OC(C)=O)cccc2c1. The van der Waals surface area contributed by atoms with Crippen LogP contribution in [0.3, 0.4) is 0 Å². The number of carbonyl (C=O) groups excluding carboxylic acids is 8. The van der Waals surface area contributed by atoms with E-state index in [1.54, 1.807) is 18.2 Å². The highest BCUT2D eigenvalue weighted by Gasteiger charge is 2.57. The highest BCUT2D eigenvalue weighted by atomic mass is 16.8. The molecular formula is C39H46O20. The van der Waals surface area contributed by atoms with Gasteiger partial charge in [0.2, 0.25) is 6.29 Å². The molecule has 2 aliphatic rings. The summed E-state index contributed by atoms with van der Waals surface area (Å²) >= 11 is 0. The number of rotatable bonds is 14. The molecule has 0 spiro atoms. The third-order valence-corrected chi connectivity index (χ3v) is 8.47. The van der Waals surface area contributed by atoms with Crippen LogP contribution in [0, 0.1) is 0 Å². The fourth-order valence-electron chi connectivity index (χ4n) is 6.49. The smallest absolute Gasteiger partial charge is 0.308 e. The van der Waals surface area contributed by atoms with E-state index in [1.807, 2.05) is 0 Å². The maximum Gasteiger partial charge on any atom is 0.308 e. The molecule has 322 valence electrons. The summed E-state index contributed by atoms with van der Waals surface area (Å²) in [6.45, 7) is 9.48. The predicted octanol–water partition coefficient (Wildman–Crippen LogP) is 2.28. The Morgan fingerprint density at radius 2 is 1.08 bits per heavy atom. The molecular weight excluding hydrogens is 788 g/mol. The zero-order chi connectivity index (χ0) is 43.7. The molecule has 2 heterocycles. The van der Waals surface area contributed by atoms with Gasteiger partial charge in [0.15, 0.2) is 42.9 Å². The summed E-state index contributed by atoms with van der Waals surface area (Å²) in [6.07, 6.45) is -15.6. The molecule has 0 N–H and O–H groups in total. The molecule has 2 saturated heterocycles. The maximum absolute atomic E-state index is 12.8. The molecule has 2 aromatic carbocycles. The van der Waals surface area contributed by atoms with Gasteiger partial charge < -0.3 is 56.8 Å². The van der Waals surface area contributed by atoms with Crippen LogP contribution in [0.5, 0.6) is 11.5 Å². The second-order valence-electron chi connectivity index (χ2n) is 13.5. The molecule has 20 heteroatoms. The van der Waals surface area contributed by atoms with Crippen LogP contribution in [0.1, 0.15) is 67.9 Å². The summed E-state index contributed by atoms with van der Waals surface area (Å²) < 4.78 is 69.2. The van der Waals surface area contributed by atoms with Crippen molar-refractivity contribution in [2.24, 2.45) is 0 Å². The van der Waals surface area contributed by atoms with Crippen molar-refractivity contribution < 1.29 is 95.2 Å². The second-order valence-corrected chi connectivity index (χ2v) is 13.5. The summed E-state index contributed by atoms with van der Waals surface area (Å²) in [5.41, 5.74) is 0.391. The molecule has 20 nitrogen and oxygen atoms in total. The first-order chi connectivity index (χ1) is 27.7. The molecule has 0 saturated carbocycles. The van der Waals surface area contributed by atoms with Gasteiger partial charge in [0.05, 0.1) is 11.5 Å². The van der Waals surface area contributed by atoms with E-state index in [0.29, 0.717) is 10.9 Å². The van der Waals surface area contributed by atoms with E-state index < -0.39 is 116 Å². The molecule has 4 rings (SSSR count). The van der Waals surface area contributed by atoms with Crippen molar-refractivity contribution >= 4 is 58.5 Å². The lowest BCUT2D eigenvalue weighted by Gasteiger charge is -2.48. The minimum absolute atomic E-state index is 0.0307. The van der Waals surface area contributed by atoms with E-state index in [0.717, 1.165) is 41.5 Å². The Morgan fingerprint density at radius 3 is 1.64 bits per heavy atom. The van der Waals surface area contributed by atoms with Gasteiger partial charge in [0.1, 0.15) is 30.8 Å². The Balaban J connectivity index is 1.96. The molecule has 2 aliphatic heterocycles. The van der Waals surface area contributed by atoms with Crippen molar-refractivity contribution in [3.05, 3.63) is 35.9 Å². The number of esters is 8. The van der Waals surface area contributed by atoms with Gasteiger partial charge in [-0.05, 0) is 36.1 Å². The average Bonchev–Trinajstić information content (AvgIpc) is 3.10. The van der Waals surface area contributed by atoms with E-state index in [9.17, 15) is 38.4 Å². The van der Waals surface area contributed by atoms with Gasteiger partial charge >= 0.3 is 47.8 Å². The van der Waals surface area contributed by atoms with E-state index in [4.69, 9.17) is 56.8 Å². The standard InChI is InChI=1S/C39H46O20/c1-17-32(52-21(5)43)34(54-23(7)45)36(56-25(9)47)38(50-17)59-37-35(55-24(8)46)33(53-22(6)44)30(16-49-19(3)41)58-39(37)57-29-14-26(15-48-18(2)40)13-27-11-10-12-28(31(27)29)51-20(4)42/h10-14,17,30,32-39H,15-16H2,1-9H3/t17-,30-,32-,33-,34+,35+,36+,37-,38+,39-/m1/s1. The van der Waals surface area contributed by atoms with E-state index in [-0.39, 0.29) is 23.5 Å². The Bertz CT molecular complexity index is 1920. The molecule has 59 heavy (non-hydrogen) atoms. The van der Waals surface area contributed by atoms with Crippen LogP contribution >= 0.6 is 0 Å². The van der Waals surface area contributed by atoms with E-state index in [1.165, 1.54) is 32.9 Å². The minimum atomic E-state index is -1.78. The van der Waals surface area contributed by atoms with Crippen LogP contribution in [0.4, 0.5) is 0 Å². The van der Waals surface area contributed by atoms with Gasteiger partial charge in [-0.15, -0.1) is 0 Å². The topological polar surface area (TPSA) is 247 Å². The monoisotopic (exact) mass is 834 g/mol. The van der Waals surface area contributed by atoms with Crippen LogP contribution in [0.25, 0.3) is 10.8 Å². The first-order valence-corrected chi connectivity index (χ1v) is 18.2. The molecule has 0 aliphatic carbocycles. The number of hydrogen-bond acceptors (Lipinski definition) is 20. The Hall–Kier alpha value is -5.86. The Labute approximate surface area is 337 Å². The zero-order valence-corrected chi connectivity index (χ0v) is 33.7. The molecule has 0 radical (unpaired) electrons. The van der Waals surface area contributed by atoms with E-state index in [2.05, 4.69) is 0 Å². The van der Waals surface area contributed by atoms with Crippen molar-refractivity contribution in [1.29, 1.82) is 0 Å². The fraction of sp³-hybridized carbons (Fsp3) is 0.538. The lowest BCUT2D eigenvalue weighted by molar-refractivity contribution is -0.356. The normalized spacial score (nSPS) is 26.3. The average molecular weight is 835 g/mol. The molecule has 2 fully saturated rings. The van der Waals surface area contributed by atoms with Crippen molar-refractivity contribution in [2.45, 2.75) is 130 Å². The highest BCUT2D eigenvalue weighted by molar-refractivity contribution is 5.96. The van der Waals surface area contributed by atoms with Gasteiger partial charge in [-0.3, -0.25) is 38.4 Å². The molecule has 0 amide bonds. The summed E-state index contributed by atoms with van der Waals surface area (Å²) in [5, 5.41) is 0.640. The largest absolute Gasteiger partial charge is 0.463 e. The van der Waals surface area contributed by atoms with Gasteiger partial charge in [0, 0.05) is 55.4 Å². The van der Waals surface area contributed by atoms with Gasteiger partial charge in [-0.25, -0.2) is 0 Å². The van der Waals surface area contributed by atoms with Crippen LogP contribution in [-0.4, -0.2) is 116 Å². The maximum atomic E-state index is 12.8. The van der Waals surface area contributed by atoms with Crippen molar-refractivity contribution in [2.75, 3.05) is 6.61 Å². The second kappa shape index (κ2) is 20.2. The van der Waals surface area contributed by atoms with Gasteiger partial charge in [0.25, 0.3) is 0 Å². The molecule has 10 atom stereocenters. The highest BCUT2D eigenvalue weighted by Crippen LogP contribution is 2.40. The number of hydrogen-bond donors (Lipinski definition) is 0. The van der Waals surface area contributed by atoms with Gasteiger partial charge in [-0.2, -0.15) is 0 Å². The Morgan fingerprint density at radius 1 is 0.542 bits per heavy atom. The number of ether oxygens (including phenoxy) is 12. The third kappa shape index (κ3) is 12.6. The summed E-state index contributed by atoms with van der Waals surface area (Å²) in [4.78, 5) is 98.5. The Kier molecular flexibility index (Phi) is 15.7. The molecule has 0 bridgehead atoms. The quantitative estimate of drug-likeness (QED) is 0.150. The van der Waals surface area contributed by atoms with Crippen molar-refractivity contribution in [1.82, 2.24) is 0 Å². The summed E-state index contributed by atoms with van der Waals surface area (Å²) in [5.74, 6) is -6.40. The zero-order valence-electron chi connectivity index (χ0n) is 33.7. The predicted molar refractivity (Wildman–Crippen MR) is 194 cm³/mol. The summed E-state index contributed by atoms with van der Waals surface area (Å²) in [6, 6.07) is 7.82. The first-order valence-electron chi connectivity index (χ1n) is 18.2. The van der Waals surface area contributed by atoms with Crippen LogP contribution in [0.2, 0.25) is 0 Å². The molecule has 0 aromatic heterocycles. The van der Waals surface area contributed by atoms with E-state index >= 15 is 0 Å². The van der Waals surface area contributed by atoms with Gasteiger partial charge in [-0.1, -0.05) is 12.1 Å². The van der Waals surface area contributed by atoms with Crippen molar-refractivity contribution in [3.63, 3.8) is 0 Å². The molecule has 0 unspecified atom stereocenters. The minimum Gasteiger partial charge on any atom is -0.463 e. The number of carbonyl (C=O) groups is 8. The number of fused-ring (bicyclic) bond motifs is 1. The first kappa shape index (κ1) is 45.8. The van der Waals surface area contributed by atoms with Crippen molar-refractivity contribution in [3.8, 4) is 11.5 Å².